The van der Waals surface area contributed by atoms with Crippen LogP contribution < -0.4 is 5.32 Å². The fourth-order valence-corrected chi connectivity index (χ4v) is 2.47. The van der Waals surface area contributed by atoms with Crippen LogP contribution in [-0.2, 0) is 0 Å². The van der Waals surface area contributed by atoms with Gasteiger partial charge in [0.2, 0.25) is 0 Å². The van der Waals surface area contributed by atoms with Crippen molar-refractivity contribution >= 4 is 0 Å². The Morgan fingerprint density at radius 3 is 2.59 bits per heavy atom. The molecule has 94 valence electrons. The van der Waals surface area contributed by atoms with E-state index in [1.54, 1.807) is 6.07 Å². The van der Waals surface area contributed by atoms with Gasteiger partial charge in [-0.25, -0.2) is 0 Å². The number of benzene rings is 1. The molecule has 1 aliphatic rings. The van der Waals surface area contributed by atoms with Crippen molar-refractivity contribution in [3.63, 3.8) is 0 Å². The summed E-state index contributed by atoms with van der Waals surface area (Å²) in [6.07, 6.45) is 2.32. The number of para-hydroxylation sites is 1. The van der Waals surface area contributed by atoms with Gasteiger partial charge in [-0.2, -0.15) is 0 Å². The van der Waals surface area contributed by atoms with E-state index < -0.39 is 0 Å². The summed E-state index contributed by atoms with van der Waals surface area (Å²) in [5.41, 5.74) is 1.54. The summed E-state index contributed by atoms with van der Waals surface area (Å²) in [6.45, 7) is 7.85. The fourth-order valence-electron chi connectivity index (χ4n) is 2.47. The number of phenols is 1. The SMILES string of the molecule is CCC(NCC1CC1(C)C)c1ccccc1O. The normalized spacial score (nSPS) is 23.4. The van der Waals surface area contributed by atoms with Gasteiger partial charge in [-0.1, -0.05) is 39.0 Å². The molecule has 1 fully saturated rings. The zero-order valence-electron chi connectivity index (χ0n) is 11.0. The quantitative estimate of drug-likeness (QED) is 0.816. The number of nitrogens with one attached hydrogen (secondary N) is 1. The van der Waals surface area contributed by atoms with Crippen LogP contribution in [0.2, 0.25) is 0 Å². The number of hydrogen-bond acceptors (Lipinski definition) is 2. The second kappa shape index (κ2) is 4.69. The molecular formula is C15H23NO. The van der Waals surface area contributed by atoms with Crippen LogP contribution in [0.5, 0.6) is 5.75 Å². The fraction of sp³-hybridized carbons (Fsp3) is 0.600. The third-order valence-corrected chi connectivity index (χ3v) is 4.05. The second-order valence-corrected chi connectivity index (χ2v) is 5.82. The van der Waals surface area contributed by atoms with Crippen LogP contribution in [0.4, 0.5) is 0 Å². The summed E-state index contributed by atoms with van der Waals surface area (Å²) in [5.74, 6) is 1.20. The van der Waals surface area contributed by atoms with Crippen LogP contribution in [0.1, 0.15) is 45.2 Å². The highest BCUT2D eigenvalue weighted by Crippen LogP contribution is 2.51. The first kappa shape index (κ1) is 12.4. The Labute approximate surface area is 104 Å². The predicted molar refractivity (Wildman–Crippen MR) is 71.0 cm³/mol. The molecule has 2 rings (SSSR count). The van der Waals surface area contributed by atoms with E-state index in [1.807, 2.05) is 18.2 Å². The molecule has 2 heteroatoms. The van der Waals surface area contributed by atoms with Crippen LogP contribution >= 0.6 is 0 Å². The Morgan fingerprint density at radius 1 is 1.41 bits per heavy atom. The summed E-state index contributed by atoms with van der Waals surface area (Å²) in [5, 5.41) is 13.4. The maximum atomic E-state index is 9.86. The summed E-state index contributed by atoms with van der Waals surface area (Å²) < 4.78 is 0. The van der Waals surface area contributed by atoms with Crippen LogP contribution in [0.15, 0.2) is 24.3 Å². The van der Waals surface area contributed by atoms with Crippen molar-refractivity contribution in [3.05, 3.63) is 29.8 Å². The first-order chi connectivity index (χ1) is 8.04. The topological polar surface area (TPSA) is 32.3 Å². The summed E-state index contributed by atoms with van der Waals surface area (Å²) in [6, 6.07) is 7.90. The first-order valence-electron chi connectivity index (χ1n) is 6.56. The second-order valence-electron chi connectivity index (χ2n) is 5.82. The van der Waals surface area contributed by atoms with Crippen LogP contribution in [-0.4, -0.2) is 11.7 Å². The lowest BCUT2D eigenvalue weighted by atomic mass is 10.0. The van der Waals surface area contributed by atoms with E-state index in [1.165, 1.54) is 6.42 Å². The first-order valence-corrected chi connectivity index (χ1v) is 6.56. The van der Waals surface area contributed by atoms with E-state index in [4.69, 9.17) is 0 Å². The van der Waals surface area contributed by atoms with Crippen LogP contribution in [0, 0.1) is 11.3 Å². The molecule has 0 amide bonds. The average Bonchev–Trinajstić information content (AvgIpc) is 2.90. The zero-order chi connectivity index (χ0) is 12.5. The van der Waals surface area contributed by atoms with E-state index in [2.05, 4.69) is 26.1 Å². The molecule has 0 heterocycles. The monoisotopic (exact) mass is 233 g/mol. The molecule has 2 unspecified atom stereocenters. The van der Waals surface area contributed by atoms with Gasteiger partial charge in [0, 0.05) is 11.6 Å². The van der Waals surface area contributed by atoms with Crippen molar-refractivity contribution in [1.29, 1.82) is 0 Å². The summed E-state index contributed by atoms with van der Waals surface area (Å²) >= 11 is 0. The lowest BCUT2D eigenvalue weighted by Crippen LogP contribution is -2.24. The maximum absolute atomic E-state index is 9.86. The van der Waals surface area contributed by atoms with E-state index >= 15 is 0 Å². The molecular weight excluding hydrogens is 210 g/mol. The lowest BCUT2D eigenvalue weighted by molar-refractivity contribution is 0.426. The number of phenolic OH excluding ortho intramolecular Hbond substituents is 1. The number of hydrogen-bond donors (Lipinski definition) is 2. The van der Waals surface area contributed by atoms with Crippen LogP contribution in [0.3, 0.4) is 0 Å². The predicted octanol–water partition coefficient (Wildman–Crippen LogP) is 3.48. The molecule has 2 atom stereocenters. The van der Waals surface area contributed by atoms with Gasteiger partial charge in [0.15, 0.2) is 0 Å². The molecule has 0 saturated heterocycles. The minimum Gasteiger partial charge on any atom is -0.508 e. The Hall–Kier alpha value is -1.02. The van der Waals surface area contributed by atoms with Gasteiger partial charge in [0.1, 0.15) is 5.75 Å². The van der Waals surface area contributed by atoms with E-state index in [9.17, 15) is 5.11 Å². The Balaban J connectivity index is 1.95. The van der Waals surface area contributed by atoms with Crippen molar-refractivity contribution < 1.29 is 5.11 Å². The van der Waals surface area contributed by atoms with Gasteiger partial charge in [-0.3, -0.25) is 0 Å². The van der Waals surface area contributed by atoms with E-state index in [0.29, 0.717) is 11.2 Å². The molecule has 2 N–H and O–H groups in total. The summed E-state index contributed by atoms with van der Waals surface area (Å²) in [7, 11) is 0. The highest BCUT2D eigenvalue weighted by atomic mass is 16.3. The van der Waals surface area contributed by atoms with Crippen LogP contribution in [0.25, 0.3) is 0 Å². The molecule has 1 aliphatic carbocycles. The van der Waals surface area contributed by atoms with Gasteiger partial charge < -0.3 is 10.4 Å². The number of rotatable bonds is 5. The molecule has 17 heavy (non-hydrogen) atoms. The minimum atomic E-state index is 0.271. The summed E-state index contributed by atoms with van der Waals surface area (Å²) in [4.78, 5) is 0. The Bertz CT molecular complexity index is 386. The molecule has 0 radical (unpaired) electrons. The molecule has 0 bridgehead atoms. The zero-order valence-corrected chi connectivity index (χ0v) is 11.0. The number of aromatic hydroxyl groups is 1. The molecule has 2 nitrogen and oxygen atoms in total. The highest BCUT2D eigenvalue weighted by molar-refractivity contribution is 5.34. The molecule has 1 aromatic carbocycles. The highest BCUT2D eigenvalue weighted by Gasteiger charge is 2.45. The van der Waals surface area contributed by atoms with Gasteiger partial charge in [0.25, 0.3) is 0 Å². The van der Waals surface area contributed by atoms with E-state index in [-0.39, 0.29) is 6.04 Å². The third-order valence-electron chi connectivity index (χ3n) is 4.05. The largest absolute Gasteiger partial charge is 0.508 e. The average molecular weight is 233 g/mol. The smallest absolute Gasteiger partial charge is 0.120 e. The molecule has 0 spiro atoms. The minimum absolute atomic E-state index is 0.271. The van der Waals surface area contributed by atoms with Crippen molar-refractivity contribution in [2.24, 2.45) is 11.3 Å². The standard InChI is InChI=1S/C15H23NO/c1-4-13(12-7-5-6-8-14(12)17)16-10-11-9-15(11,2)3/h5-8,11,13,16-17H,4,9-10H2,1-3H3. The lowest BCUT2D eigenvalue weighted by Gasteiger charge is -2.19. The van der Waals surface area contributed by atoms with Gasteiger partial charge in [0.05, 0.1) is 0 Å². The van der Waals surface area contributed by atoms with E-state index in [0.717, 1.165) is 24.4 Å². The third kappa shape index (κ3) is 2.81. The van der Waals surface area contributed by atoms with Crippen molar-refractivity contribution in [1.82, 2.24) is 5.32 Å². The van der Waals surface area contributed by atoms with Gasteiger partial charge in [-0.15, -0.1) is 0 Å². The molecule has 0 aromatic heterocycles. The van der Waals surface area contributed by atoms with Gasteiger partial charge in [-0.05, 0) is 36.8 Å². The van der Waals surface area contributed by atoms with Crippen molar-refractivity contribution in [3.8, 4) is 5.75 Å². The molecule has 1 aromatic rings. The maximum Gasteiger partial charge on any atom is 0.120 e. The Morgan fingerprint density at radius 2 is 2.06 bits per heavy atom. The Kier molecular flexibility index (Phi) is 3.43. The van der Waals surface area contributed by atoms with Crippen molar-refractivity contribution in [2.45, 2.75) is 39.7 Å². The van der Waals surface area contributed by atoms with Crippen molar-refractivity contribution in [2.75, 3.05) is 6.54 Å². The molecule has 0 aliphatic heterocycles. The van der Waals surface area contributed by atoms with Gasteiger partial charge >= 0.3 is 0 Å². The molecule has 1 saturated carbocycles.